The number of hydrogen-bond acceptors (Lipinski definition) is 2. The van der Waals surface area contributed by atoms with Crippen LogP contribution < -0.4 is 4.72 Å². The summed E-state index contributed by atoms with van der Waals surface area (Å²) in [6, 6.07) is 6.36. The van der Waals surface area contributed by atoms with Crippen LogP contribution in [0.15, 0.2) is 24.3 Å². The summed E-state index contributed by atoms with van der Waals surface area (Å²) in [5, 5.41) is -0.465. The van der Waals surface area contributed by atoms with E-state index in [1.165, 1.54) is 6.07 Å². The van der Waals surface area contributed by atoms with Gasteiger partial charge in [-0.1, -0.05) is 18.2 Å². The molecule has 1 rings (SSSR count). The van der Waals surface area contributed by atoms with Crippen LogP contribution >= 0.6 is 0 Å². The molecule has 90 valence electrons. The molecular weight excluding hydrogens is 229 g/mol. The van der Waals surface area contributed by atoms with Crippen LogP contribution in [-0.4, -0.2) is 20.2 Å². The Labute approximate surface area is 95.7 Å². The maximum atomic E-state index is 13.2. The van der Waals surface area contributed by atoms with Crippen LogP contribution in [0, 0.1) is 5.82 Å². The van der Waals surface area contributed by atoms with Gasteiger partial charge in [-0.3, -0.25) is 0 Å². The lowest BCUT2D eigenvalue weighted by Gasteiger charge is -2.09. The van der Waals surface area contributed by atoms with Crippen molar-refractivity contribution in [1.29, 1.82) is 0 Å². The molecule has 0 saturated heterocycles. The van der Waals surface area contributed by atoms with Crippen LogP contribution in [0.3, 0.4) is 0 Å². The third-order valence-electron chi connectivity index (χ3n) is 2.28. The predicted molar refractivity (Wildman–Crippen MR) is 62.2 cm³/mol. The summed E-state index contributed by atoms with van der Waals surface area (Å²) in [5.74, 6) is -0.300. The summed E-state index contributed by atoms with van der Waals surface area (Å²) >= 11 is 0. The largest absolute Gasteiger partial charge is 0.215 e. The molecule has 0 bridgehead atoms. The standard InChI is InChI=1S/C11H16FNO2S/c1-9(2)16(14,15)13-8-7-10-5-3-4-6-11(10)12/h3-6,9,13H,7-8H2,1-2H3. The van der Waals surface area contributed by atoms with E-state index >= 15 is 0 Å². The molecule has 0 atom stereocenters. The normalized spacial score (nSPS) is 12.0. The van der Waals surface area contributed by atoms with Gasteiger partial charge in [-0.15, -0.1) is 0 Å². The van der Waals surface area contributed by atoms with E-state index in [4.69, 9.17) is 0 Å². The summed E-state index contributed by atoms with van der Waals surface area (Å²) in [6.45, 7) is 3.43. The van der Waals surface area contributed by atoms with Crippen molar-refractivity contribution in [2.24, 2.45) is 0 Å². The van der Waals surface area contributed by atoms with Gasteiger partial charge in [0.25, 0.3) is 0 Å². The molecule has 0 aromatic heterocycles. The number of rotatable bonds is 5. The van der Waals surface area contributed by atoms with Gasteiger partial charge >= 0.3 is 0 Å². The third kappa shape index (κ3) is 3.57. The molecule has 0 fully saturated rings. The van der Waals surface area contributed by atoms with E-state index in [0.29, 0.717) is 12.0 Å². The summed E-state index contributed by atoms with van der Waals surface area (Å²) in [5.41, 5.74) is 0.522. The molecule has 5 heteroatoms. The van der Waals surface area contributed by atoms with Crippen LogP contribution in [0.5, 0.6) is 0 Å². The van der Waals surface area contributed by atoms with E-state index < -0.39 is 15.3 Å². The molecule has 0 radical (unpaired) electrons. The van der Waals surface area contributed by atoms with Gasteiger partial charge in [0.15, 0.2) is 0 Å². The Hall–Kier alpha value is -0.940. The fraction of sp³-hybridized carbons (Fsp3) is 0.455. The second-order valence-corrected chi connectivity index (χ2v) is 6.15. The second-order valence-electron chi connectivity index (χ2n) is 3.83. The summed E-state index contributed by atoms with van der Waals surface area (Å²) in [4.78, 5) is 0. The molecular formula is C11H16FNO2S. The van der Waals surface area contributed by atoms with Crippen molar-refractivity contribution in [3.8, 4) is 0 Å². The van der Waals surface area contributed by atoms with E-state index in [0.717, 1.165) is 0 Å². The van der Waals surface area contributed by atoms with Gasteiger partial charge in [0, 0.05) is 6.54 Å². The molecule has 1 N–H and O–H groups in total. The molecule has 0 amide bonds. The van der Waals surface area contributed by atoms with Crippen molar-refractivity contribution in [3.63, 3.8) is 0 Å². The molecule has 0 spiro atoms. The lowest BCUT2D eigenvalue weighted by Crippen LogP contribution is -2.32. The van der Waals surface area contributed by atoms with Gasteiger partial charge in [0.05, 0.1) is 5.25 Å². The number of sulfonamides is 1. The predicted octanol–water partition coefficient (Wildman–Crippen LogP) is 1.70. The first-order valence-corrected chi connectivity index (χ1v) is 6.70. The fourth-order valence-electron chi connectivity index (χ4n) is 1.20. The van der Waals surface area contributed by atoms with Gasteiger partial charge in [-0.25, -0.2) is 17.5 Å². The number of hydrogen-bond donors (Lipinski definition) is 1. The average Bonchev–Trinajstić information content (AvgIpc) is 2.20. The van der Waals surface area contributed by atoms with E-state index in [1.807, 2.05) is 0 Å². The van der Waals surface area contributed by atoms with Crippen molar-refractivity contribution < 1.29 is 12.8 Å². The van der Waals surface area contributed by atoms with Crippen molar-refractivity contribution in [3.05, 3.63) is 35.6 Å². The molecule has 0 aliphatic heterocycles. The smallest absolute Gasteiger partial charge is 0.213 e. The van der Waals surface area contributed by atoms with Crippen molar-refractivity contribution in [2.75, 3.05) is 6.54 Å². The quantitative estimate of drug-likeness (QED) is 0.858. The maximum Gasteiger partial charge on any atom is 0.213 e. The molecule has 0 saturated carbocycles. The van der Waals surface area contributed by atoms with Gasteiger partial charge in [0.1, 0.15) is 5.82 Å². The molecule has 1 aromatic carbocycles. The summed E-state index contributed by atoms with van der Waals surface area (Å²) in [6.07, 6.45) is 0.360. The van der Waals surface area contributed by atoms with E-state index in [2.05, 4.69) is 4.72 Å². The van der Waals surface area contributed by atoms with Gasteiger partial charge in [-0.05, 0) is 31.9 Å². The van der Waals surface area contributed by atoms with Crippen molar-refractivity contribution >= 4 is 10.0 Å². The van der Waals surface area contributed by atoms with Crippen molar-refractivity contribution in [2.45, 2.75) is 25.5 Å². The molecule has 3 nitrogen and oxygen atoms in total. The number of nitrogens with one attached hydrogen (secondary N) is 1. The van der Waals surface area contributed by atoms with Crippen LogP contribution in [0.4, 0.5) is 4.39 Å². The highest BCUT2D eigenvalue weighted by atomic mass is 32.2. The zero-order valence-corrected chi connectivity index (χ0v) is 10.2. The minimum atomic E-state index is -3.25. The van der Waals surface area contributed by atoms with Crippen LogP contribution in [-0.2, 0) is 16.4 Å². The van der Waals surface area contributed by atoms with Crippen LogP contribution in [0.1, 0.15) is 19.4 Å². The van der Waals surface area contributed by atoms with Gasteiger partial charge in [-0.2, -0.15) is 0 Å². The van der Waals surface area contributed by atoms with E-state index in [9.17, 15) is 12.8 Å². The summed E-state index contributed by atoms with van der Waals surface area (Å²) in [7, 11) is -3.25. The van der Waals surface area contributed by atoms with Crippen LogP contribution in [0.2, 0.25) is 0 Å². The first-order valence-electron chi connectivity index (χ1n) is 5.15. The average molecular weight is 245 g/mol. The summed E-state index contributed by atoms with van der Waals surface area (Å²) < 4.78 is 38.4. The first-order chi connectivity index (χ1) is 7.43. The highest BCUT2D eigenvalue weighted by Crippen LogP contribution is 2.06. The Kier molecular flexibility index (Phi) is 4.44. The maximum absolute atomic E-state index is 13.2. The first kappa shape index (κ1) is 13.1. The Morgan fingerprint density at radius 2 is 1.94 bits per heavy atom. The molecule has 16 heavy (non-hydrogen) atoms. The zero-order chi connectivity index (χ0) is 12.2. The Morgan fingerprint density at radius 1 is 1.31 bits per heavy atom. The van der Waals surface area contributed by atoms with Gasteiger partial charge in [0.2, 0.25) is 10.0 Å². The minimum Gasteiger partial charge on any atom is -0.215 e. The topological polar surface area (TPSA) is 46.2 Å². The second kappa shape index (κ2) is 5.41. The molecule has 0 aliphatic rings. The molecule has 0 heterocycles. The Bertz CT molecular complexity index is 443. The minimum absolute atomic E-state index is 0.224. The third-order valence-corrected chi connectivity index (χ3v) is 4.12. The fourth-order valence-corrected chi connectivity index (χ4v) is 1.92. The monoisotopic (exact) mass is 245 g/mol. The van der Waals surface area contributed by atoms with Crippen LogP contribution in [0.25, 0.3) is 0 Å². The lowest BCUT2D eigenvalue weighted by atomic mass is 10.1. The molecule has 1 aromatic rings. The Morgan fingerprint density at radius 3 is 2.50 bits per heavy atom. The van der Waals surface area contributed by atoms with E-state index in [-0.39, 0.29) is 12.4 Å². The van der Waals surface area contributed by atoms with E-state index in [1.54, 1.807) is 32.0 Å². The highest BCUT2D eigenvalue weighted by molar-refractivity contribution is 7.90. The lowest BCUT2D eigenvalue weighted by molar-refractivity contribution is 0.569. The number of benzene rings is 1. The molecule has 0 unspecified atom stereocenters. The Balaban J connectivity index is 2.52. The zero-order valence-electron chi connectivity index (χ0n) is 9.40. The van der Waals surface area contributed by atoms with Gasteiger partial charge < -0.3 is 0 Å². The molecule has 0 aliphatic carbocycles. The highest BCUT2D eigenvalue weighted by Gasteiger charge is 2.14. The number of halogens is 1. The SMILES string of the molecule is CC(C)S(=O)(=O)NCCc1ccccc1F. The van der Waals surface area contributed by atoms with Crippen molar-refractivity contribution in [1.82, 2.24) is 4.72 Å².